The van der Waals surface area contributed by atoms with E-state index in [0.29, 0.717) is 17.4 Å². The first-order valence-corrected chi connectivity index (χ1v) is 5.13. The number of aliphatic carboxylic acids is 1. The lowest BCUT2D eigenvalue weighted by Gasteiger charge is -2.14. The van der Waals surface area contributed by atoms with Gasteiger partial charge in [0, 0.05) is 16.5 Å². The molecule has 1 aromatic rings. The molecule has 0 aromatic heterocycles. The molecule has 0 saturated carbocycles. The number of fused-ring (bicyclic) bond motifs is 1. The van der Waals surface area contributed by atoms with Crippen molar-refractivity contribution >= 4 is 17.6 Å². The van der Waals surface area contributed by atoms with Gasteiger partial charge in [-0.15, -0.1) is 0 Å². The molecular weight excluding hydrogens is 216 g/mol. The SMILES string of the molecule is CC(C(=O)O)C1COc2cccc(Cl)c21. The summed E-state index contributed by atoms with van der Waals surface area (Å²) in [6.45, 7) is 2.07. The molecule has 1 heterocycles. The lowest BCUT2D eigenvalue weighted by Crippen LogP contribution is -2.20. The van der Waals surface area contributed by atoms with E-state index >= 15 is 0 Å². The minimum absolute atomic E-state index is 0.147. The van der Waals surface area contributed by atoms with E-state index in [1.54, 1.807) is 19.1 Å². The number of rotatable bonds is 2. The van der Waals surface area contributed by atoms with Gasteiger partial charge >= 0.3 is 5.97 Å². The first-order valence-electron chi connectivity index (χ1n) is 4.75. The Labute approximate surface area is 92.6 Å². The van der Waals surface area contributed by atoms with Gasteiger partial charge in [-0.05, 0) is 12.1 Å². The summed E-state index contributed by atoms with van der Waals surface area (Å²) in [6, 6.07) is 5.38. The third-order valence-electron chi connectivity index (χ3n) is 2.80. The van der Waals surface area contributed by atoms with E-state index in [4.69, 9.17) is 21.4 Å². The summed E-state index contributed by atoms with van der Waals surface area (Å²) in [5, 5.41) is 9.55. The standard InChI is InChI=1S/C11H11ClO3/c1-6(11(13)14)7-5-15-9-4-2-3-8(12)10(7)9/h2-4,6-7H,5H2,1H3,(H,13,14). The predicted octanol–water partition coefficient (Wildman–Crippen LogP) is 2.54. The molecule has 80 valence electrons. The van der Waals surface area contributed by atoms with Gasteiger partial charge in [0.2, 0.25) is 0 Å². The molecule has 2 rings (SSSR count). The number of halogens is 1. The van der Waals surface area contributed by atoms with Gasteiger partial charge in [0.05, 0.1) is 12.5 Å². The summed E-state index contributed by atoms with van der Waals surface area (Å²) >= 11 is 6.04. The van der Waals surface area contributed by atoms with Crippen LogP contribution in [0.5, 0.6) is 5.75 Å². The second-order valence-corrected chi connectivity index (χ2v) is 4.10. The Balaban J connectivity index is 2.39. The number of ether oxygens (including phenoxy) is 1. The molecule has 1 N–H and O–H groups in total. The summed E-state index contributed by atoms with van der Waals surface area (Å²) in [6.07, 6.45) is 0. The van der Waals surface area contributed by atoms with Crippen LogP contribution < -0.4 is 4.74 Å². The smallest absolute Gasteiger partial charge is 0.306 e. The average Bonchev–Trinajstić information content (AvgIpc) is 2.61. The number of carboxylic acid groups (broad SMARTS) is 1. The molecule has 2 atom stereocenters. The molecule has 1 aliphatic rings. The van der Waals surface area contributed by atoms with Crippen LogP contribution in [0.25, 0.3) is 0 Å². The van der Waals surface area contributed by atoms with Crippen LogP contribution in [0.15, 0.2) is 18.2 Å². The maximum absolute atomic E-state index is 10.9. The molecule has 15 heavy (non-hydrogen) atoms. The molecule has 0 radical (unpaired) electrons. The molecular formula is C11H11ClO3. The number of carboxylic acids is 1. The maximum atomic E-state index is 10.9. The fourth-order valence-corrected chi connectivity index (χ4v) is 2.14. The van der Waals surface area contributed by atoms with Crippen LogP contribution in [-0.2, 0) is 4.79 Å². The lowest BCUT2D eigenvalue weighted by molar-refractivity contribution is -0.142. The zero-order valence-corrected chi connectivity index (χ0v) is 8.99. The van der Waals surface area contributed by atoms with Crippen LogP contribution >= 0.6 is 11.6 Å². The highest BCUT2D eigenvalue weighted by molar-refractivity contribution is 6.31. The molecule has 1 aromatic carbocycles. The Hall–Kier alpha value is -1.22. The van der Waals surface area contributed by atoms with Crippen molar-refractivity contribution in [1.29, 1.82) is 0 Å². The van der Waals surface area contributed by atoms with Gasteiger partial charge in [-0.2, -0.15) is 0 Å². The largest absolute Gasteiger partial charge is 0.493 e. The quantitative estimate of drug-likeness (QED) is 0.843. The van der Waals surface area contributed by atoms with Crippen molar-refractivity contribution in [3.8, 4) is 5.75 Å². The molecule has 0 aliphatic carbocycles. The predicted molar refractivity (Wildman–Crippen MR) is 56.5 cm³/mol. The lowest BCUT2D eigenvalue weighted by atomic mass is 9.89. The van der Waals surface area contributed by atoms with Crippen LogP contribution in [-0.4, -0.2) is 17.7 Å². The Kier molecular flexibility index (Phi) is 2.57. The minimum Gasteiger partial charge on any atom is -0.493 e. The highest BCUT2D eigenvalue weighted by atomic mass is 35.5. The zero-order chi connectivity index (χ0) is 11.0. The number of hydrogen-bond acceptors (Lipinski definition) is 2. The van der Waals surface area contributed by atoms with E-state index in [2.05, 4.69) is 0 Å². The van der Waals surface area contributed by atoms with E-state index in [0.717, 1.165) is 5.56 Å². The maximum Gasteiger partial charge on any atom is 0.306 e. The van der Waals surface area contributed by atoms with Gasteiger partial charge in [0.15, 0.2) is 0 Å². The topological polar surface area (TPSA) is 46.5 Å². The summed E-state index contributed by atoms with van der Waals surface area (Å²) in [4.78, 5) is 10.9. The van der Waals surface area contributed by atoms with Crippen LogP contribution in [0.4, 0.5) is 0 Å². The molecule has 0 fully saturated rings. The second-order valence-electron chi connectivity index (χ2n) is 3.70. The monoisotopic (exact) mass is 226 g/mol. The Bertz CT molecular complexity index is 403. The van der Waals surface area contributed by atoms with Gasteiger partial charge in [-0.3, -0.25) is 4.79 Å². The van der Waals surface area contributed by atoms with Gasteiger partial charge in [0.1, 0.15) is 5.75 Å². The molecule has 0 saturated heterocycles. The van der Waals surface area contributed by atoms with E-state index in [-0.39, 0.29) is 5.92 Å². The first-order chi connectivity index (χ1) is 7.11. The Morgan fingerprint density at radius 2 is 2.40 bits per heavy atom. The van der Waals surface area contributed by atoms with Crippen molar-refractivity contribution < 1.29 is 14.6 Å². The second kappa shape index (κ2) is 3.74. The van der Waals surface area contributed by atoms with Gasteiger partial charge < -0.3 is 9.84 Å². The van der Waals surface area contributed by atoms with Gasteiger partial charge in [0.25, 0.3) is 0 Å². The van der Waals surface area contributed by atoms with E-state index in [9.17, 15) is 4.79 Å². The average molecular weight is 227 g/mol. The number of hydrogen-bond donors (Lipinski definition) is 1. The van der Waals surface area contributed by atoms with E-state index < -0.39 is 11.9 Å². The van der Waals surface area contributed by atoms with Crippen molar-refractivity contribution in [2.45, 2.75) is 12.8 Å². The fraction of sp³-hybridized carbons (Fsp3) is 0.364. The van der Waals surface area contributed by atoms with Crippen molar-refractivity contribution in [2.24, 2.45) is 5.92 Å². The Morgan fingerprint density at radius 3 is 3.07 bits per heavy atom. The van der Waals surface area contributed by atoms with Gasteiger partial charge in [-0.25, -0.2) is 0 Å². The molecule has 1 aliphatic heterocycles. The molecule has 4 heteroatoms. The van der Waals surface area contributed by atoms with Gasteiger partial charge in [-0.1, -0.05) is 24.6 Å². The third-order valence-corrected chi connectivity index (χ3v) is 3.12. The number of benzene rings is 1. The fourth-order valence-electron chi connectivity index (χ4n) is 1.83. The van der Waals surface area contributed by atoms with Crippen molar-refractivity contribution in [1.82, 2.24) is 0 Å². The van der Waals surface area contributed by atoms with E-state index in [1.165, 1.54) is 0 Å². The highest BCUT2D eigenvalue weighted by Crippen LogP contribution is 2.42. The normalized spacial score (nSPS) is 20.5. The molecule has 0 spiro atoms. The first kappa shape index (κ1) is 10.3. The summed E-state index contributed by atoms with van der Waals surface area (Å²) < 4.78 is 5.42. The van der Waals surface area contributed by atoms with Crippen LogP contribution in [0.1, 0.15) is 18.4 Å². The van der Waals surface area contributed by atoms with Crippen molar-refractivity contribution in [3.63, 3.8) is 0 Å². The Morgan fingerprint density at radius 1 is 1.67 bits per heavy atom. The molecule has 3 nitrogen and oxygen atoms in total. The minimum atomic E-state index is -0.823. The molecule has 0 amide bonds. The summed E-state index contributed by atoms with van der Waals surface area (Å²) in [5.41, 5.74) is 0.828. The van der Waals surface area contributed by atoms with Crippen LogP contribution in [0.2, 0.25) is 5.02 Å². The molecule has 2 unspecified atom stereocenters. The zero-order valence-electron chi connectivity index (χ0n) is 8.24. The third kappa shape index (κ3) is 1.67. The van der Waals surface area contributed by atoms with Crippen LogP contribution in [0.3, 0.4) is 0 Å². The van der Waals surface area contributed by atoms with E-state index in [1.807, 2.05) is 6.07 Å². The van der Waals surface area contributed by atoms with Crippen LogP contribution in [0, 0.1) is 5.92 Å². The highest BCUT2D eigenvalue weighted by Gasteiger charge is 2.34. The van der Waals surface area contributed by atoms with Crippen molar-refractivity contribution in [2.75, 3.05) is 6.61 Å². The van der Waals surface area contributed by atoms with Crippen molar-refractivity contribution in [3.05, 3.63) is 28.8 Å². The summed E-state index contributed by atoms with van der Waals surface area (Å²) in [7, 11) is 0. The molecule has 0 bridgehead atoms. The summed E-state index contributed by atoms with van der Waals surface area (Å²) in [5.74, 6) is -0.741. The number of carbonyl (C=O) groups is 1.